The number of rotatable bonds is 11. The summed E-state index contributed by atoms with van der Waals surface area (Å²) in [6, 6.07) is -0.0614. The SMILES string of the molecule is NC(=O)CC[C@H](N)CSSC[C@@H](N)CCC(N)=O. The fourth-order valence-electron chi connectivity index (χ4n) is 1.09. The first kappa shape index (κ1) is 17.6. The van der Waals surface area contributed by atoms with Crippen molar-refractivity contribution < 1.29 is 9.59 Å². The van der Waals surface area contributed by atoms with E-state index in [1.54, 1.807) is 21.6 Å². The Bertz CT molecular complexity index is 240. The zero-order chi connectivity index (χ0) is 14.0. The minimum absolute atomic E-state index is 0.0307. The van der Waals surface area contributed by atoms with Gasteiger partial charge in [-0.25, -0.2) is 0 Å². The third-order valence-electron chi connectivity index (χ3n) is 2.17. The molecule has 0 bridgehead atoms. The molecule has 0 fully saturated rings. The quantitative estimate of drug-likeness (QED) is 0.301. The van der Waals surface area contributed by atoms with Gasteiger partial charge in [0.15, 0.2) is 0 Å². The van der Waals surface area contributed by atoms with Crippen LogP contribution >= 0.6 is 21.6 Å². The van der Waals surface area contributed by atoms with Crippen LogP contribution in [0.2, 0.25) is 0 Å². The number of carbonyl (C=O) groups is 2. The predicted molar refractivity (Wildman–Crippen MR) is 77.7 cm³/mol. The summed E-state index contributed by atoms with van der Waals surface area (Å²) >= 11 is 0. The van der Waals surface area contributed by atoms with Crippen molar-refractivity contribution in [3.63, 3.8) is 0 Å². The maximum atomic E-state index is 10.6. The number of amides is 2. The number of carbonyl (C=O) groups excluding carboxylic acids is 2. The molecule has 0 unspecified atom stereocenters. The van der Waals surface area contributed by atoms with E-state index in [2.05, 4.69) is 0 Å². The van der Waals surface area contributed by atoms with E-state index in [4.69, 9.17) is 22.9 Å². The van der Waals surface area contributed by atoms with E-state index in [1.165, 1.54) is 0 Å². The summed E-state index contributed by atoms with van der Waals surface area (Å²) in [5.74, 6) is 0.856. The van der Waals surface area contributed by atoms with Crippen LogP contribution in [0.1, 0.15) is 25.7 Å². The van der Waals surface area contributed by atoms with Crippen LogP contribution in [0.3, 0.4) is 0 Å². The molecule has 0 aromatic rings. The Morgan fingerprint density at radius 1 is 0.833 bits per heavy atom. The standard InChI is InChI=1S/C10H22N4O2S2/c11-7(1-3-9(13)15)5-17-18-6-8(12)2-4-10(14)16/h7-8H,1-6,11-12H2,(H2,13,15)(H2,14,16)/t7-,8-/m0/s1. The summed E-state index contributed by atoms with van der Waals surface area (Å²) < 4.78 is 0. The van der Waals surface area contributed by atoms with Gasteiger partial charge in [-0.1, -0.05) is 21.6 Å². The van der Waals surface area contributed by atoms with Gasteiger partial charge in [-0.15, -0.1) is 0 Å². The molecule has 0 aliphatic rings. The molecule has 0 aromatic carbocycles. The zero-order valence-electron chi connectivity index (χ0n) is 10.3. The molecule has 0 saturated carbocycles. The molecule has 0 aromatic heterocycles. The first-order valence-electron chi connectivity index (χ1n) is 5.74. The van der Waals surface area contributed by atoms with E-state index in [0.717, 1.165) is 11.5 Å². The molecule has 18 heavy (non-hydrogen) atoms. The van der Waals surface area contributed by atoms with Crippen molar-refractivity contribution in [2.45, 2.75) is 37.8 Å². The highest BCUT2D eigenvalue weighted by Gasteiger charge is 2.08. The summed E-state index contributed by atoms with van der Waals surface area (Å²) in [7, 11) is 3.24. The molecule has 8 heteroatoms. The van der Waals surface area contributed by atoms with Gasteiger partial charge in [0.25, 0.3) is 0 Å². The van der Waals surface area contributed by atoms with Crippen molar-refractivity contribution in [3.05, 3.63) is 0 Å². The fourth-order valence-corrected chi connectivity index (χ4v) is 3.59. The van der Waals surface area contributed by atoms with Crippen molar-refractivity contribution in [2.24, 2.45) is 22.9 Å². The van der Waals surface area contributed by atoms with Gasteiger partial charge in [0.2, 0.25) is 11.8 Å². The maximum Gasteiger partial charge on any atom is 0.217 e. The molecule has 2 atom stereocenters. The van der Waals surface area contributed by atoms with Crippen molar-refractivity contribution in [1.82, 2.24) is 0 Å². The first-order valence-corrected chi connectivity index (χ1v) is 8.22. The van der Waals surface area contributed by atoms with Crippen LogP contribution in [-0.4, -0.2) is 35.4 Å². The molecule has 6 nitrogen and oxygen atoms in total. The summed E-state index contributed by atoms with van der Waals surface area (Å²) in [6.45, 7) is 0. The van der Waals surface area contributed by atoms with Crippen molar-refractivity contribution in [3.8, 4) is 0 Å². The second kappa shape index (κ2) is 10.5. The third-order valence-corrected chi connectivity index (χ3v) is 4.78. The smallest absolute Gasteiger partial charge is 0.217 e. The molecule has 0 saturated heterocycles. The van der Waals surface area contributed by atoms with Gasteiger partial charge < -0.3 is 22.9 Å². The lowest BCUT2D eigenvalue weighted by Gasteiger charge is -2.12. The summed E-state index contributed by atoms with van der Waals surface area (Å²) in [5.41, 5.74) is 21.7. The Morgan fingerprint density at radius 2 is 1.17 bits per heavy atom. The zero-order valence-corrected chi connectivity index (χ0v) is 12.0. The maximum absolute atomic E-state index is 10.6. The van der Waals surface area contributed by atoms with Crippen LogP contribution in [0.5, 0.6) is 0 Å². The second-order valence-electron chi connectivity index (χ2n) is 4.10. The highest BCUT2D eigenvalue weighted by atomic mass is 33.1. The Morgan fingerprint density at radius 3 is 1.44 bits per heavy atom. The van der Waals surface area contributed by atoms with Gasteiger partial charge >= 0.3 is 0 Å². The van der Waals surface area contributed by atoms with Gasteiger partial charge in [-0.2, -0.15) is 0 Å². The average molecular weight is 294 g/mol. The lowest BCUT2D eigenvalue weighted by Crippen LogP contribution is -2.26. The van der Waals surface area contributed by atoms with E-state index >= 15 is 0 Å². The van der Waals surface area contributed by atoms with E-state index in [9.17, 15) is 9.59 Å². The van der Waals surface area contributed by atoms with Gasteiger partial charge in [0, 0.05) is 36.4 Å². The van der Waals surface area contributed by atoms with Crippen molar-refractivity contribution >= 4 is 33.4 Å². The van der Waals surface area contributed by atoms with Gasteiger partial charge in [-0.05, 0) is 12.8 Å². The highest BCUT2D eigenvalue weighted by molar-refractivity contribution is 8.76. The van der Waals surface area contributed by atoms with E-state index in [1.807, 2.05) is 0 Å². The van der Waals surface area contributed by atoms with Gasteiger partial charge in [-0.3, -0.25) is 9.59 Å². The number of hydrogen-bond donors (Lipinski definition) is 4. The van der Waals surface area contributed by atoms with Crippen LogP contribution < -0.4 is 22.9 Å². The minimum atomic E-state index is -0.323. The van der Waals surface area contributed by atoms with Crippen LogP contribution in [-0.2, 0) is 9.59 Å². The normalized spacial score (nSPS) is 14.1. The molecule has 0 spiro atoms. The highest BCUT2D eigenvalue weighted by Crippen LogP contribution is 2.23. The van der Waals surface area contributed by atoms with Crippen LogP contribution in [0, 0.1) is 0 Å². The average Bonchev–Trinajstić information content (AvgIpc) is 2.29. The number of nitrogens with two attached hydrogens (primary N) is 4. The molecule has 0 radical (unpaired) electrons. The van der Waals surface area contributed by atoms with Gasteiger partial charge in [0.05, 0.1) is 0 Å². The fraction of sp³-hybridized carbons (Fsp3) is 0.800. The van der Waals surface area contributed by atoms with Crippen LogP contribution in [0.4, 0.5) is 0 Å². The monoisotopic (exact) mass is 294 g/mol. The van der Waals surface area contributed by atoms with E-state index in [0.29, 0.717) is 25.7 Å². The predicted octanol–water partition coefficient (Wildman–Crippen LogP) is -0.447. The molecular weight excluding hydrogens is 272 g/mol. The van der Waals surface area contributed by atoms with E-state index in [-0.39, 0.29) is 23.9 Å². The molecule has 8 N–H and O–H groups in total. The number of hydrogen-bond acceptors (Lipinski definition) is 6. The largest absolute Gasteiger partial charge is 0.370 e. The third kappa shape index (κ3) is 12.0. The molecule has 0 rings (SSSR count). The summed E-state index contributed by atoms with van der Waals surface area (Å²) in [6.07, 6.45) is 1.86. The van der Waals surface area contributed by atoms with E-state index < -0.39 is 0 Å². The minimum Gasteiger partial charge on any atom is -0.370 e. The number of primary amides is 2. The molecule has 0 aliphatic carbocycles. The molecule has 0 aliphatic heterocycles. The first-order chi connectivity index (χ1) is 8.41. The molecular formula is C10H22N4O2S2. The Balaban J connectivity index is 3.43. The topological polar surface area (TPSA) is 138 Å². The van der Waals surface area contributed by atoms with Crippen LogP contribution in [0.15, 0.2) is 0 Å². The Kier molecular flexibility index (Phi) is 10.2. The molecule has 0 heterocycles. The lowest BCUT2D eigenvalue weighted by molar-refractivity contribution is -0.119. The second-order valence-corrected chi connectivity index (χ2v) is 6.65. The Hall–Kier alpha value is -0.440. The molecule has 2 amide bonds. The molecule has 106 valence electrons. The Labute approximate surface area is 115 Å². The lowest BCUT2D eigenvalue weighted by atomic mass is 10.2. The summed E-state index contributed by atoms with van der Waals surface area (Å²) in [4.78, 5) is 21.1. The van der Waals surface area contributed by atoms with Gasteiger partial charge in [0.1, 0.15) is 0 Å². The van der Waals surface area contributed by atoms with Crippen molar-refractivity contribution in [1.29, 1.82) is 0 Å². The summed E-state index contributed by atoms with van der Waals surface area (Å²) in [5, 5.41) is 0. The van der Waals surface area contributed by atoms with Crippen molar-refractivity contribution in [2.75, 3.05) is 11.5 Å². The van der Waals surface area contributed by atoms with Crippen LogP contribution in [0.25, 0.3) is 0 Å².